The summed E-state index contributed by atoms with van der Waals surface area (Å²) in [5, 5.41) is 1.74. The van der Waals surface area contributed by atoms with Crippen molar-refractivity contribution < 1.29 is 4.39 Å². The molecule has 0 unspecified atom stereocenters. The van der Waals surface area contributed by atoms with Crippen LogP contribution in [0.15, 0.2) is 48.5 Å². The van der Waals surface area contributed by atoms with Crippen LogP contribution in [-0.2, 0) is 0 Å². The van der Waals surface area contributed by atoms with Crippen LogP contribution in [0.25, 0.3) is 22.5 Å². The molecule has 3 rings (SSSR count). The van der Waals surface area contributed by atoms with Gasteiger partial charge in [0.1, 0.15) is 11.5 Å². The van der Waals surface area contributed by atoms with Crippen molar-refractivity contribution in [1.29, 1.82) is 0 Å². The molecule has 0 saturated carbocycles. The molecule has 0 fully saturated rings. The lowest BCUT2D eigenvalue weighted by Gasteiger charge is -2.09. The van der Waals surface area contributed by atoms with Gasteiger partial charge >= 0.3 is 0 Å². The standard InChI is InChI=1S/C17H8Cl4FN/c18-9-1-3-11(13(20)7-9)16-6-5-15(22)17(23-16)12-4-2-10(19)8-14(12)21/h1-8H. The van der Waals surface area contributed by atoms with Gasteiger partial charge in [-0.25, -0.2) is 9.37 Å². The van der Waals surface area contributed by atoms with Crippen LogP contribution < -0.4 is 0 Å². The summed E-state index contributed by atoms with van der Waals surface area (Å²) in [6, 6.07) is 12.7. The molecule has 0 amide bonds. The Kier molecular flexibility index (Phi) is 4.79. The quantitative estimate of drug-likeness (QED) is 0.454. The second-order valence-electron chi connectivity index (χ2n) is 4.78. The number of halogens is 5. The van der Waals surface area contributed by atoms with Gasteiger partial charge in [0.05, 0.1) is 15.7 Å². The van der Waals surface area contributed by atoms with Crippen molar-refractivity contribution in [3.63, 3.8) is 0 Å². The number of pyridine rings is 1. The van der Waals surface area contributed by atoms with Crippen LogP contribution >= 0.6 is 46.4 Å². The van der Waals surface area contributed by atoms with E-state index in [9.17, 15) is 4.39 Å². The zero-order chi connectivity index (χ0) is 16.6. The summed E-state index contributed by atoms with van der Waals surface area (Å²) in [6.45, 7) is 0. The normalized spacial score (nSPS) is 10.8. The Morgan fingerprint density at radius 1 is 0.696 bits per heavy atom. The van der Waals surface area contributed by atoms with Gasteiger partial charge in [0, 0.05) is 21.2 Å². The molecular formula is C17H8Cl4FN. The van der Waals surface area contributed by atoms with Crippen LogP contribution in [0.3, 0.4) is 0 Å². The molecule has 0 aliphatic rings. The molecule has 0 radical (unpaired) electrons. The molecule has 6 heteroatoms. The van der Waals surface area contributed by atoms with Crippen LogP contribution in [0.5, 0.6) is 0 Å². The predicted molar refractivity (Wildman–Crippen MR) is 95.1 cm³/mol. The fourth-order valence-electron chi connectivity index (χ4n) is 2.16. The van der Waals surface area contributed by atoms with Gasteiger partial charge in [-0.15, -0.1) is 0 Å². The Morgan fingerprint density at radius 2 is 1.26 bits per heavy atom. The van der Waals surface area contributed by atoms with Crippen molar-refractivity contribution in [2.75, 3.05) is 0 Å². The number of nitrogens with zero attached hydrogens (tertiary/aromatic N) is 1. The number of benzene rings is 2. The largest absolute Gasteiger partial charge is 0.245 e. The van der Waals surface area contributed by atoms with Crippen molar-refractivity contribution in [1.82, 2.24) is 4.98 Å². The summed E-state index contributed by atoms with van der Waals surface area (Å²) in [4.78, 5) is 4.36. The molecule has 116 valence electrons. The zero-order valence-electron chi connectivity index (χ0n) is 11.5. The number of hydrogen-bond acceptors (Lipinski definition) is 1. The summed E-state index contributed by atoms with van der Waals surface area (Å²) in [7, 11) is 0. The van der Waals surface area contributed by atoms with Crippen LogP contribution in [0.2, 0.25) is 20.1 Å². The highest BCUT2D eigenvalue weighted by atomic mass is 35.5. The summed E-state index contributed by atoms with van der Waals surface area (Å²) < 4.78 is 14.2. The summed E-state index contributed by atoms with van der Waals surface area (Å²) in [6.07, 6.45) is 0. The maximum absolute atomic E-state index is 14.2. The Bertz CT molecular complexity index is 896. The lowest BCUT2D eigenvalue weighted by molar-refractivity contribution is 0.626. The minimum atomic E-state index is -0.483. The summed E-state index contributed by atoms with van der Waals surface area (Å²) in [5.41, 5.74) is 1.77. The van der Waals surface area contributed by atoms with E-state index in [0.717, 1.165) is 0 Å². The Labute approximate surface area is 152 Å². The first-order valence-corrected chi connectivity index (χ1v) is 8.04. The van der Waals surface area contributed by atoms with Gasteiger partial charge in [-0.3, -0.25) is 0 Å². The van der Waals surface area contributed by atoms with Crippen molar-refractivity contribution in [2.24, 2.45) is 0 Å². The van der Waals surface area contributed by atoms with Crippen molar-refractivity contribution in [3.8, 4) is 22.5 Å². The molecule has 0 saturated heterocycles. The number of hydrogen-bond donors (Lipinski definition) is 0. The van der Waals surface area contributed by atoms with Gasteiger partial charge in [-0.2, -0.15) is 0 Å². The maximum Gasteiger partial charge on any atom is 0.149 e. The van der Waals surface area contributed by atoms with E-state index in [1.807, 2.05) is 0 Å². The molecule has 0 bridgehead atoms. The average Bonchev–Trinajstić information content (AvgIpc) is 2.49. The van der Waals surface area contributed by atoms with E-state index in [4.69, 9.17) is 46.4 Å². The molecule has 0 aliphatic carbocycles. The van der Waals surface area contributed by atoms with E-state index in [-0.39, 0.29) is 5.69 Å². The third-order valence-electron chi connectivity index (χ3n) is 3.24. The first-order chi connectivity index (χ1) is 11.0. The Hall–Kier alpha value is -1.32. The third-order valence-corrected chi connectivity index (χ3v) is 4.33. The lowest BCUT2D eigenvalue weighted by atomic mass is 10.1. The highest BCUT2D eigenvalue weighted by Gasteiger charge is 2.14. The van der Waals surface area contributed by atoms with Gasteiger partial charge in [0.25, 0.3) is 0 Å². The molecule has 0 N–H and O–H groups in total. The highest BCUT2D eigenvalue weighted by molar-refractivity contribution is 6.37. The molecule has 0 spiro atoms. The topological polar surface area (TPSA) is 12.9 Å². The van der Waals surface area contributed by atoms with Crippen molar-refractivity contribution in [2.45, 2.75) is 0 Å². The molecule has 1 heterocycles. The molecule has 0 atom stereocenters. The smallest absolute Gasteiger partial charge is 0.149 e. The number of aromatic nitrogens is 1. The molecule has 2 aromatic carbocycles. The van der Waals surface area contributed by atoms with E-state index in [2.05, 4.69) is 4.98 Å². The lowest BCUT2D eigenvalue weighted by Crippen LogP contribution is -1.94. The van der Waals surface area contributed by atoms with Gasteiger partial charge in [0.2, 0.25) is 0 Å². The predicted octanol–water partition coefficient (Wildman–Crippen LogP) is 7.17. The SMILES string of the molecule is Fc1ccc(-c2ccc(Cl)cc2Cl)nc1-c1ccc(Cl)cc1Cl. The minimum absolute atomic E-state index is 0.134. The van der Waals surface area contributed by atoms with Crippen LogP contribution in [0, 0.1) is 5.82 Å². The maximum atomic E-state index is 14.2. The Balaban J connectivity index is 2.16. The average molecular weight is 387 g/mol. The molecule has 1 nitrogen and oxygen atoms in total. The van der Waals surface area contributed by atoms with Crippen molar-refractivity contribution >= 4 is 46.4 Å². The zero-order valence-corrected chi connectivity index (χ0v) is 14.5. The molecule has 0 aliphatic heterocycles. The van der Waals surface area contributed by atoms with Gasteiger partial charge < -0.3 is 0 Å². The molecule has 1 aromatic heterocycles. The molecular weight excluding hydrogens is 379 g/mol. The Morgan fingerprint density at radius 3 is 1.83 bits per heavy atom. The highest BCUT2D eigenvalue weighted by Crippen LogP contribution is 2.34. The van der Waals surface area contributed by atoms with Gasteiger partial charge in [0.15, 0.2) is 0 Å². The fourth-order valence-corrected chi connectivity index (χ4v) is 3.16. The second-order valence-corrected chi connectivity index (χ2v) is 6.46. The fraction of sp³-hybridized carbons (Fsp3) is 0. The molecule has 23 heavy (non-hydrogen) atoms. The summed E-state index contributed by atoms with van der Waals surface area (Å²) in [5.74, 6) is -0.483. The van der Waals surface area contributed by atoms with Gasteiger partial charge in [-0.1, -0.05) is 46.4 Å². The minimum Gasteiger partial charge on any atom is -0.245 e. The van der Waals surface area contributed by atoms with Crippen molar-refractivity contribution in [3.05, 3.63) is 74.4 Å². The first kappa shape index (κ1) is 16.5. The third kappa shape index (κ3) is 3.46. The monoisotopic (exact) mass is 385 g/mol. The van der Waals surface area contributed by atoms with Crippen LogP contribution in [0.1, 0.15) is 0 Å². The van der Waals surface area contributed by atoms with E-state index in [1.54, 1.807) is 42.5 Å². The van der Waals surface area contributed by atoms with E-state index in [1.165, 1.54) is 6.07 Å². The van der Waals surface area contributed by atoms with E-state index >= 15 is 0 Å². The second kappa shape index (κ2) is 6.66. The van der Waals surface area contributed by atoms with Gasteiger partial charge in [-0.05, 0) is 48.5 Å². The number of rotatable bonds is 2. The van der Waals surface area contributed by atoms with Crippen LogP contribution in [-0.4, -0.2) is 4.98 Å². The van der Waals surface area contributed by atoms with E-state index < -0.39 is 5.82 Å². The summed E-state index contributed by atoms with van der Waals surface area (Å²) >= 11 is 24.1. The van der Waals surface area contributed by atoms with E-state index in [0.29, 0.717) is 36.9 Å². The van der Waals surface area contributed by atoms with Crippen LogP contribution in [0.4, 0.5) is 4.39 Å². The first-order valence-electron chi connectivity index (χ1n) is 6.53. The molecule has 3 aromatic rings.